The van der Waals surface area contributed by atoms with Crippen molar-refractivity contribution >= 4 is 27.3 Å². The zero-order valence-corrected chi connectivity index (χ0v) is 13.4. The lowest BCUT2D eigenvalue weighted by molar-refractivity contribution is 0.555. The summed E-state index contributed by atoms with van der Waals surface area (Å²) in [7, 11) is 0. The third-order valence-corrected chi connectivity index (χ3v) is 4.85. The summed E-state index contributed by atoms with van der Waals surface area (Å²) in [5.74, 6) is -0.167. The first kappa shape index (κ1) is 14.7. The van der Waals surface area contributed by atoms with Crippen molar-refractivity contribution in [3.63, 3.8) is 0 Å². The van der Waals surface area contributed by atoms with Crippen molar-refractivity contribution in [2.24, 2.45) is 0 Å². The second kappa shape index (κ2) is 6.64. The number of thiophene rings is 1. The van der Waals surface area contributed by atoms with Gasteiger partial charge < -0.3 is 5.32 Å². The molecule has 1 atom stereocenters. The molecule has 1 aromatic heterocycles. The number of halogens is 2. The molecule has 0 amide bonds. The van der Waals surface area contributed by atoms with Crippen LogP contribution < -0.4 is 5.32 Å². The highest BCUT2D eigenvalue weighted by Gasteiger charge is 2.14. The molecule has 0 aliphatic heterocycles. The molecule has 1 unspecified atom stereocenters. The number of likely N-dealkylation sites (N-methyl/N-ethyl adjacent to an activating group) is 1. The smallest absolute Gasteiger partial charge is 0.123 e. The van der Waals surface area contributed by atoms with Gasteiger partial charge in [-0.1, -0.05) is 13.0 Å². The maximum absolute atomic E-state index is 13.1. The highest BCUT2D eigenvalue weighted by molar-refractivity contribution is 9.11. The van der Waals surface area contributed by atoms with Crippen LogP contribution in [0.4, 0.5) is 4.39 Å². The molecular weight excluding hydrogens is 325 g/mol. The Morgan fingerprint density at radius 1 is 1.32 bits per heavy atom. The summed E-state index contributed by atoms with van der Waals surface area (Å²) < 4.78 is 14.3. The fraction of sp³-hybridized carbons (Fsp3) is 0.333. The topological polar surface area (TPSA) is 12.0 Å². The van der Waals surface area contributed by atoms with Crippen LogP contribution >= 0.6 is 27.3 Å². The summed E-state index contributed by atoms with van der Waals surface area (Å²) in [5, 5.41) is 3.50. The van der Waals surface area contributed by atoms with Crippen LogP contribution in [0, 0.1) is 12.7 Å². The molecule has 1 heterocycles. The van der Waals surface area contributed by atoms with E-state index in [0.29, 0.717) is 0 Å². The van der Waals surface area contributed by atoms with Crippen LogP contribution in [0.5, 0.6) is 0 Å². The Kier molecular flexibility index (Phi) is 5.13. The van der Waals surface area contributed by atoms with Crippen molar-refractivity contribution in [2.75, 3.05) is 6.54 Å². The molecule has 0 aliphatic rings. The second-order valence-corrected chi connectivity index (χ2v) is 7.02. The van der Waals surface area contributed by atoms with Gasteiger partial charge in [0, 0.05) is 10.9 Å². The van der Waals surface area contributed by atoms with Gasteiger partial charge in [-0.15, -0.1) is 11.3 Å². The second-order valence-electron chi connectivity index (χ2n) is 4.53. The molecule has 0 aliphatic carbocycles. The largest absolute Gasteiger partial charge is 0.309 e. The predicted octanol–water partition coefficient (Wildman–Crippen LogP) is 4.85. The highest BCUT2D eigenvalue weighted by atomic mass is 79.9. The molecule has 0 bridgehead atoms. The molecule has 0 saturated carbocycles. The minimum Gasteiger partial charge on any atom is -0.309 e. The Bertz CT molecular complexity index is 553. The zero-order valence-electron chi connectivity index (χ0n) is 11.0. The monoisotopic (exact) mass is 341 g/mol. The quantitative estimate of drug-likeness (QED) is 0.819. The molecule has 0 saturated heterocycles. The van der Waals surface area contributed by atoms with Crippen LogP contribution in [0.15, 0.2) is 34.1 Å². The minimum absolute atomic E-state index is 0.167. The number of rotatable bonds is 5. The zero-order chi connectivity index (χ0) is 13.8. The lowest BCUT2D eigenvalue weighted by atomic mass is 10.00. The van der Waals surface area contributed by atoms with E-state index in [1.807, 2.05) is 13.0 Å². The van der Waals surface area contributed by atoms with Gasteiger partial charge in [-0.05, 0) is 71.2 Å². The van der Waals surface area contributed by atoms with Crippen molar-refractivity contribution in [1.82, 2.24) is 5.32 Å². The van der Waals surface area contributed by atoms with E-state index in [4.69, 9.17) is 0 Å². The van der Waals surface area contributed by atoms with Gasteiger partial charge in [0.05, 0.1) is 3.79 Å². The molecule has 1 nitrogen and oxygen atoms in total. The Morgan fingerprint density at radius 2 is 2.11 bits per heavy atom. The Hall–Kier alpha value is -0.710. The third kappa shape index (κ3) is 3.88. The molecule has 1 aromatic carbocycles. The summed E-state index contributed by atoms with van der Waals surface area (Å²) in [5.41, 5.74) is 2.20. The first-order valence-corrected chi connectivity index (χ1v) is 7.94. The van der Waals surface area contributed by atoms with Crippen LogP contribution in [-0.4, -0.2) is 6.54 Å². The molecule has 19 heavy (non-hydrogen) atoms. The molecule has 2 aromatic rings. The lowest BCUT2D eigenvalue weighted by Crippen LogP contribution is -2.22. The van der Waals surface area contributed by atoms with Crippen LogP contribution in [0.25, 0.3) is 0 Å². The van der Waals surface area contributed by atoms with Gasteiger partial charge in [0.1, 0.15) is 5.82 Å². The Labute approximate surface area is 126 Å². The van der Waals surface area contributed by atoms with Gasteiger partial charge in [-0.25, -0.2) is 4.39 Å². The van der Waals surface area contributed by atoms with Crippen LogP contribution in [0.2, 0.25) is 0 Å². The van der Waals surface area contributed by atoms with Gasteiger partial charge in [0.2, 0.25) is 0 Å². The van der Waals surface area contributed by atoms with Gasteiger partial charge in [-0.2, -0.15) is 0 Å². The van der Waals surface area contributed by atoms with Crippen molar-refractivity contribution in [3.8, 4) is 0 Å². The number of hydrogen-bond donors (Lipinski definition) is 1. The van der Waals surface area contributed by atoms with E-state index in [-0.39, 0.29) is 11.9 Å². The number of hydrogen-bond acceptors (Lipinski definition) is 2. The van der Waals surface area contributed by atoms with E-state index < -0.39 is 0 Å². The average molecular weight is 342 g/mol. The summed E-state index contributed by atoms with van der Waals surface area (Å²) in [6, 6.07) is 9.52. The summed E-state index contributed by atoms with van der Waals surface area (Å²) in [6.45, 7) is 4.99. The number of aryl methyl sites for hydroxylation is 1. The maximum Gasteiger partial charge on any atom is 0.123 e. The SMILES string of the molecule is CCNC(Cc1ccc(F)cc1C)c1ccc(Br)s1. The van der Waals surface area contributed by atoms with Crippen molar-refractivity contribution in [2.45, 2.75) is 26.3 Å². The number of nitrogens with one attached hydrogen (secondary N) is 1. The fourth-order valence-electron chi connectivity index (χ4n) is 2.14. The standard InChI is InChI=1S/C15H17BrFNS/c1-3-18-13(14-6-7-15(16)19-14)9-11-4-5-12(17)8-10(11)2/h4-8,13,18H,3,9H2,1-2H3. The van der Waals surface area contributed by atoms with Gasteiger partial charge >= 0.3 is 0 Å². The minimum atomic E-state index is -0.167. The molecule has 102 valence electrons. The number of benzene rings is 1. The van der Waals surface area contributed by atoms with E-state index in [1.54, 1.807) is 17.4 Å². The third-order valence-electron chi connectivity index (χ3n) is 3.12. The Balaban J connectivity index is 2.21. The molecule has 2 rings (SSSR count). The summed E-state index contributed by atoms with van der Waals surface area (Å²) in [6.07, 6.45) is 0.882. The highest BCUT2D eigenvalue weighted by Crippen LogP contribution is 2.30. The van der Waals surface area contributed by atoms with Crippen LogP contribution in [-0.2, 0) is 6.42 Å². The van der Waals surface area contributed by atoms with Gasteiger partial charge in [0.15, 0.2) is 0 Å². The molecule has 0 spiro atoms. The molecule has 0 radical (unpaired) electrons. The maximum atomic E-state index is 13.1. The van der Waals surface area contributed by atoms with Crippen molar-refractivity contribution in [3.05, 3.63) is 55.9 Å². The van der Waals surface area contributed by atoms with Crippen molar-refractivity contribution < 1.29 is 4.39 Å². The van der Waals surface area contributed by atoms with E-state index >= 15 is 0 Å². The molecule has 1 N–H and O–H groups in total. The van der Waals surface area contributed by atoms with Crippen LogP contribution in [0.3, 0.4) is 0 Å². The molecular formula is C15H17BrFNS. The van der Waals surface area contributed by atoms with E-state index in [9.17, 15) is 4.39 Å². The molecule has 0 fully saturated rings. The van der Waals surface area contributed by atoms with Gasteiger partial charge in [0.25, 0.3) is 0 Å². The lowest BCUT2D eigenvalue weighted by Gasteiger charge is -2.17. The summed E-state index contributed by atoms with van der Waals surface area (Å²) in [4.78, 5) is 1.30. The van der Waals surface area contributed by atoms with E-state index in [0.717, 1.165) is 22.3 Å². The fourth-order valence-corrected chi connectivity index (χ4v) is 3.64. The predicted molar refractivity (Wildman–Crippen MR) is 83.3 cm³/mol. The van der Waals surface area contributed by atoms with E-state index in [1.165, 1.54) is 16.5 Å². The first-order chi connectivity index (χ1) is 9.10. The van der Waals surface area contributed by atoms with Gasteiger partial charge in [-0.3, -0.25) is 0 Å². The molecule has 4 heteroatoms. The average Bonchev–Trinajstić information content (AvgIpc) is 2.78. The van der Waals surface area contributed by atoms with Crippen molar-refractivity contribution in [1.29, 1.82) is 0 Å². The van der Waals surface area contributed by atoms with Crippen LogP contribution in [0.1, 0.15) is 29.0 Å². The van der Waals surface area contributed by atoms with E-state index in [2.05, 4.69) is 40.3 Å². The summed E-state index contributed by atoms with van der Waals surface area (Å²) >= 11 is 5.25. The normalized spacial score (nSPS) is 12.6. The first-order valence-electron chi connectivity index (χ1n) is 6.33. The Morgan fingerprint density at radius 3 is 2.68 bits per heavy atom.